The van der Waals surface area contributed by atoms with Gasteiger partial charge >= 0.3 is 0 Å². The number of hydrogen-bond acceptors (Lipinski definition) is 6. The molecule has 0 atom stereocenters. The summed E-state index contributed by atoms with van der Waals surface area (Å²) in [6.45, 7) is 5.40. The van der Waals surface area contributed by atoms with Crippen LogP contribution in [0.2, 0.25) is 0 Å². The number of amides is 1. The molecular formula is C22H21N7O2. The van der Waals surface area contributed by atoms with Gasteiger partial charge in [0.2, 0.25) is 0 Å². The second-order valence-electron chi connectivity index (χ2n) is 7.87. The molecule has 1 amide bonds. The van der Waals surface area contributed by atoms with E-state index in [0.717, 1.165) is 16.9 Å². The minimum atomic E-state index is -0.171. The first-order valence-electron chi connectivity index (χ1n) is 10.1. The first-order chi connectivity index (χ1) is 15.0. The number of benzene rings is 1. The van der Waals surface area contributed by atoms with E-state index in [1.54, 1.807) is 15.6 Å². The highest BCUT2D eigenvalue weighted by Gasteiger charge is 2.32. The molecule has 1 aliphatic heterocycles. The number of hydrogen-bond donors (Lipinski definition) is 0. The smallest absolute Gasteiger partial charge is 0.274 e. The van der Waals surface area contributed by atoms with Crippen LogP contribution in [0.15, 0.2) is 53.5 Å². The van der Waals surface area contributed by atoms with Crippen molar-refractivity contribution in [3.63, 3.8) is 0 Å². The summed E-state index contributed by atoms with van der Waals surface area (Å²) in [5.74, 6) is 0.605. The van der Waals surface area contributed by atoms with Crippen LogP contribution in [0.5, 0.6) is 0 Å². The third-order valence-corrected chi connectivity index (χ3v) is 5.42. The molecule has 0 saturated carbocycles. The molecule has 9 nitrogen and oxygen atoms in total. The summed E-state index contributed by atoms with van der Waals surface area (Å²) < 4.78 is 3.17. The van der Waals surface area contributed by atoms with Crippen molar-refractivity contribution in [2.24, 2.45) is 5.92 Å². The van der Waals surface area contributed by atoms with Crippen molar-refractivity contribution in [2.45, 2.75) is 20.4 Å². The van der Waals surface area contributed by atoms with Crippen LogP contribution in [0, 0.1) is 19.8 Å². The van der Waals surface area contributed by atoms with E-state index in [9.17, 15) is 9.59 Å². The maximum absolute atomic E-state index is 12.7. The first kappa shape index (κ1) is 19.1. The van der Waals surface area contributed by atoms with E-state index in [1.165, 1.54) is 16.9 Å². The molecule has 0 bridgehead atoms. The van der Waals surface area contributed by atoms with Crippen LogP contribution in [0.3, 0.4) is 0 Å². The van der Waals surface area contributed by atoms with Gasteiger partial charge in [-0.3, -0.25) is 14.6 Å². The van der Waals surface area contributed by atoms with Gasteiger partial charge in [0.1, 0.15) is 5.69 Å². The fourth-order valence-electron chi connectivity index (χ4n) is 3.86. The fraction of sp³-hybridized carbons (Fsp3) is 0.273. The Labute approximate surface area is 178 Å². The summed E-state index contributed by atoms with van der Waals surface area (Å²) in [6, 6.07) is 12.6. The molecule has 5 rings (SSSR count). The predicted molar refractivity (Wildman–Crippen MR) is 114 cm³/mol. The molecule has 0 radical (unpaired) electrons. The Kier molecular flexibility index (Phi) is 4.58. The predicted octanol–water partition coefficient (Wildman–Crippen LogP) is 1.76. The summed E-state index contributed by atoms with van der Waals surface area (Å²) >= 11 is 0. The van der Waals surface area contributed by atoms with Gasteiger partial charge < -0.3 is 4.90 Å². The van der Waals surface area contributed by atoms with Crippen LogP contribution in [0.4, 0.5) is 0 Å². The van der Waals surface area contributed by atoms with Crippen molar-refractivity contribution in [2.75, 3.05) is 13.1 Å². The van der Waals surface area contributed by atoms with E-state index in [2.05, 4.69) is 20.2 Å². The van der Waals surface area contributed by atoms with Crippen molar-refractivity contribution in [1.29, 1.82) is 0 Å². The minimum absolute atomic E-state index is 0.147. The van der Waals surface area contributed by atoms with Gasteiger partial charge in [-0.1, -0.05) is 12.1 Å². The number of nitrogens with zero attached hydrogens (tertiary/aromatic N) is 7. The number of carbonyl (C=O) groups is 1. The van der Waals surface area contributed by atoms with E-state index in [1.807, 2.05) is 44.2 Å². The van der Waals surface area contributed by atoms with Crippen LogP contribution in [-0.2, 0) is 6.54 Å². The quantitative estimate of drug-likeness (QED) is 0.504. The standard InChI is InChI=1S/C22H21N7O2/c1-14-9-15(2)29(25-14)20-7-8-21(30)28(26-20)13-16-11-27(12-16)22(31)19-10-23-17-5-3-4-6-18(17)24-19/h3-10,16H,11-13H2,1-2H3. The normalized spacial score (nSPS) is 14.1. The third-order valence-electron chi connectivity index (χ3n) is 5.42. The van der Waals surface area contributed by atoms with Gasteiger partial charge in [0.05, 0.1) is 29.5 Å². The molecule has 31 heavy (non-hydrogen) atoms. The Bertz CT molecular complexity index is 1350. The number of aryl methyl sites for hydroxylation is 2. The Balaban J connectivity index is 1.28. The Morgan fingerprint density at radius 1 is 1.06 bits per heavy atom. The van der Waals surface area contributed by atoms with E-state index in [4.69, 9.17) is 0 Å². The number of carbonyl (C=O) groups excluding carboxylic acids is 1. The summed E-state index contributed by atoms with van der Waals surface area (Å²) in [5, 5.41) is 8.91. The zero-order chi connectivity index (χ0) is 21.5. The molecule has 1 saturated heterocycles. The molecule has 0 N–H and O–H groups in total. The highest BCUT2D eigenvalue weighted by Crippen LogP contribution is 2.20. The van der Waals surface area contributed by atoms with E-state index >= 15 is 0 Å². The van der Waals surface area contributed by atoms with Crippen molar-refractivity contribution >= 4 is 16.9 Å². The largest absolute Gasteiger partial charge is 0.336 e. The van der Waals surface area contributed by atoms with Crippen LogP contribution in [-0.4, -0.2) is 53.4 Å². The van der Waals surface area contributed by atoms with Crippen molar-refractivity contribution in [3.8, 4) is 5.82 Å². The number of para-hydroxylation sites is 2. The highest BCUT2D eigenvalue weighted by molar-refractivity contribution is 5.94. The Morgan fingerprint density at radius 2 is 1.84 bits per heavy atom. The number of fused-ring (bicyclic) bond motifs is 1. The third kappa shape index (κ3) is 3.58. The van der Waals surface area contributed by atoms with Crippen molar-refractivity contribution in [3.05, 3.63) is 76.1 Å². The second kappa shape index (κ2) is 7.42. The van der Waals surface area contributed by atoms with E-state index < -0.39 is 0 Å². The lowest BCUT2D eigenvalue weighted by molar-refractivity contribution is 0.0452. The molecule has 4 aromatic rings. The molecular weight excluding hydrogens is 394 g/mol. The average Bonchev–Trinajstić information content (AvgIpc) is 3.08. The molecule has 0 unspecified atom stereocenters. The van der Waals surface area contributed by atoms with Crippen molar-refractivity contribution < 1.29 is 4.79 Å². The molecule has 156 valence electrons. The first-order valence-corrected chi connectivity index (χ1v) is 10.1. The zero-order valence-electron chi connectivity index (χ0n) is 17.3. The number of aromatic nitrogens is 6. The topological polar surface area (TPSA) is 98.8 Å². The molecule has 4 heterocycles. The molecule has 9 heteroatoms. The summed E-state index contributed by atoms with van der Waals surface area (Å²) in [5.41, 5.74) is 3.46. The van der Waals surface area contributed by atoms with Crippen LogP contribution in [0.25, 0.3) is 16.9 Å². The zero-order valence-corrected chi connectivity index (χ0v) is 17.3. The lowest BCUT2D eigenvalue weighted by Crippen LogP contribution is -2.52. The van der Waals surface area contributed by atoms with Gasteiger partial charge in [0, 0.05) is 30.8 Å². The van der Waals surface area contributed by atoms with Crippen molar-refractivity contribution in [1.82, 2.24) is 34.4 Å². The van der Waals surface area contributed by atoms with Gasteiger partial charge in [-0.25, -0.2) is 14.3 Å². The van der Waals surface area contributed by atoms with Crippen LogP contribution < -0.4 is 5.56 Å². The van der Waals surface area contributed by atoms with Gasteiger partial charge in [-0.15, -0.1) is 5.10 Å². The lowest BCUT2D eigenvalue weighted by Gasteiger charge is -2.38. The highest BCUT2D eigenvalue weighted by atomic mass is 16.2. The summed E-state index contributed by atoms with van der Waals surface area (Å²) in [4.78, 5) is 35.5. The average molecular weight is 415 g/mol. The van der Waals surface area contributed by atoms with Gasteiger partial charge in [0.15, 0.2) is 5.82 Å². The van der Waals surface area contributed by atoms with E-state index in [-0.39, 0.29) is 17.4 Å². The molecule has 3 aromatic heterocycles. The lowest BCUT2D eigenvalue weighted by atomic mass is 10.00. The van der Waals surface area contributed by atoms with Gasteiger partial charge in [0.25, 0.3) is 11.5 Å². The molecule has 1 aromatic carbocycles. The Morgan fingerprint density at radius 3 is 2.58 bits per heavy atom. The fourth-order valence-corrected chi connectivity index (χ4v) is 3.86. The number of rotatable bonds is 4. The number of likely N-dealkylation sites (tertiary alicyclic amines) is 1. The molecule has 1 aliphatic rings. The SMILES string of the molecule is Cc1cc(C)n(-c2ccc(=O)n(CC3CN(C(=O)c4cnc5ccccc5n4)C3)n2)n1. The summed E-state index contributed by atoms with van der Waals surface area (Å²) in [6.07, 6.45) is 1.52. The molecule has 1 fully saturated rings. The van der Waals surface area contributed by atoms with Crippen LogP contribution in [0.1, 0.15) is 21.9 Å². The monoisotopic (exact) mass is 415 g/mol. The minimum Gasteiger partial charge on any atom is -0.336 e. The maximum Gasteiger partial charge on any atom is 0.274 e. The van der Waals surface area contributed by atoms with E-state index in [0.29, 0.717) is 36.7 Å². The molecule has 0 spiro atoms. The van der Waals surface area contributed by atoms with Crippen LogP contribution >= 0.6 is 0 Å². The second-order valence-corrected chi connectivity index (χ2v) is 7.87. The molecule has 0 aliphatic carbocycles. The maximum atomic E-state index is 12.7. The van der Waals surface area contributed by atoms with Gasteiger partial charge in [-0.05, 0) is 38.1 Å². The Hall–Kier alpha value is -3.88. The van der Waals surface area contributed by atoms with Gasteiger partial charge in [-0.2, -0.15) is 5.10 Å². The summed E-state index contributed by atoms with van der Waals surface area (Å²) in [7, 11) is 0.